The maximum absolute atomic E-state index is 6.29. The minimum absolute atomic E-state index is 0.143. The van der Waals surface area contributed by atoms with Gasteiger partial charge < -0.3 is 15.2 Å². The molecule has 0 amide bonds. The summed E-state index contributed by atoms with van der Waals surface area (Å²) in [6.07, 6.45) is 0. The Kier molecular flexibility index (Phi) is 4.07. The third kappa shape index (κ3) is 2.88. The van der Waals surface area contributed by atoms with E-state index in [-0.39, 0.29) is 6.04 Å². The molecule has 0 aliphatic heterocycles. The molecule has 0 aromatic heterocycles. The van der Waals surface area contributed by atoms with Gasteiger partial charge in [-0.15, -0.1) is 0 Å². The van der Waals surface area contributed by atoms with Gasteiger partial charge in [-0.1, -0.05) is 24.3 Å². The fourth-order valence-corrected chi connectivity index (χ4v) is 2.10. The van der Waals surface area contributed by atoms with Gasteiger partial charge in [-0.25, -0.2) is 0 Å². The molecule has 2 aromatic rings. The Bertz CT molecular complexity index is 549. The first-order valence-corrected chi connectivity index (χ1v) is 6.19. The third-order valence-corrected chi connectivity index (χ3v) is 3.25. The fourth-order valence-electron chi connectivity index (χ4n) is 2.10. The first-order valence-electron chi connectivity index (χ1n) is 6.19. The average molecular weight is 257 g/mol. The van der Waals surface area contributed by atoms with Crippen LogP contribution in [0.4, 0.5) is 0 Å². The second-order valence-corrected chi connectivity index (χ2v) is 4.48. The molecule has 2 rings (SSSR count). The zero-order valence-electron chi connectivity index (χ0n) is 11.5. The molecule has 100 valence electrons. The fraction of sp³-hybridized carbons (Fsp3) is 0.250. The highest BCUT2D eigenvalue weighted by atomic mass is 16.5. The number of benzene rings is 2. The average Bonchev–Trinajstić information content (AvgIpc) is 2.46. The molecular formula is C16H19NO2. The largest absolute Gasteiger partial charge is 0.497 e. The van der Waals surface area contributed by atoms with E-state index in [1.165, 1.54) is 0 Å². The Morgan fingerprint density at radius 2 is 1.53 bits per heavy atom. The topological polar surface area (TPSA) is 44.5 Å². The molecule has 0 aliphatic rings. The highest BCUT2D eigenvalue weighted by Gasteiger charge is 2.10. The predicted molar refractivity (Wildman–Crippen MR) is 76.8 cm³/mol. The van der Waals surface area contributed by atoms with Crippen LogP contribution < -0.4 is 15.2 Å². The molecule has 19 heavy (non-hydrogen) atoms. The van der Waals surface area contributed by atoms with Gasteiger partial charge in [-0.05, 0) is 41.8 Å². The molecule has 0 spiro atoms. The number of nitrogens with two attached hydrogens (primary N) is 1. The van der Waals surface area contributed by atoms with Crippen LogP contribution in [0.1, 0.15) is 22.7 Å². The van der Waals surface area contributed by atoms with Crippen LogP contribution in [0.15, 0.2) is 42.5 Å². The van der Waals surface area contributed by atoms with Crippen molar-refractivity contribution in [2.24, 2.45) is 5.73 Å². The van der Waals surface area contributed by atoms with E-state index in [9.17, 15) is 0 Å². The number of ether oxygens (including phenoxy) is 2. The van der Waals surface area contributed by atoms with Crippen molar-refractivity contribution < 1.29 is 9.47 Å². The Morgan fingerprint density at radius 3 is 2.05 bits per heavy atom. The van der Waals surface area contributed by atoms with E-state index in [4.69, 9.17) is 15.2 Å². The van der Waals surface area contributed by atoms with Crippen LogP contribution in [0.25, 0.3) is 0 Å². The van der Waals surface area contributed by atoms with Gasteiger partial charge in [0, 0.05) is 0 Å². The molecule has 3 nitrogen and oxygen atoms in total. The van der Waals surface area contributed by atoms with E-state index in [1.807, 2.05) is 43.3 Å². The molecule has 2 N–H and O–H groups in total. The van der Waals surface area contributed by atoms with Crippen LogP contribution >= 0.6 is 0 Å². The van der Waals surface area contributed by atoms with Crippen molar-refractivity contribution in [2.45, 2.75) is 13.0 Å². The first kappa shape index (κ1) is 13.4. The minimum Gasteiger partial charge on any atom is -0.497 e. The summed E-state index contributed by atoms with van der Waals surface area (Å²) in [6.45, 7) is 2.02. The van der Waals surface area contributed by atoms with Gasteiger partial charge in [0.15, 0.2) is 0 Å². The molecule has 2 aromatic carbocycles. The summed E-state index contributed by atoms with van der Waals surface area (Å²) in [4.78, 5) is 0. The second kappa shape index (κ2) is 5.76. The molecule has 1 unspecified atom stereocenters. The maximum Gasteiger partial charge on any atom is 0.121 e. The van der Waals surface area contributed by atoms with Crippen LogP contribution in [0.3, 0.4) is 0 Å². The predicted octanol–water partition coefficient (Wildman–Crippen LogP) is 3.06. The Morgan fingerprint density at radius 1 is 0.895 bits per heavy atom. The van der Waals surface area contributed by atoms with Crippen LogP contribution in [0.2, 0.25) is 0 Å². The first-order chi connectivity index (χ1) is 9.15. The van der Waals surface area contributed by atoms with Crippen LogP contribution in [0, 0.1) is 6.92 Å². The molecule has 0 bridgehead atoms. The van der Waals surface area contributed by atoms with Crippen molar-refractivity contribution in [3.8, 4) is 11.5 Å². The van der Waals surface area contributed by atoms with Gasteiger partial charge in [0.05, 0.1) is 20.3 Å². The summed E-state index contributed by atoms with van der Waals surface area (Å²) in [6, 6.07) is 13.7. The molecule has 0 saturated heterocycles. The number of rotatable bonds is 4. The van der Waals surface area contributed by atoms with Gasteiger partial charge >= 0.3 is 0 Å². The molecule has 0 heterocycles. The molecular weight excluding hydrogens is 238 g/mol. The highest BCUT2D eigenvalue weighted by molar-refractivity contribution is 5.41. The van der Waals surface area contributed by atoms with Crippen LogP contribution in [-0.2, 0) is 0 Å². The van der Waals surface area contributed by atoms with E-state index in [0.29, 0.717) is 0 Å². The maximum atomic E-state index is 6.29. The van der Waals surface area contributed by atoms with Crippen molar-refractivity contribution >= 4 is 0 Å². The second-order valence-electron chi connectivity index (χ2n) is 4.48. The van der Waals surface area contributed by atoms with E-state index in [0.717, 1.165) is 28.2 Å². The van der Waals surface area contributed by atoms with E-state index >= 15 is 0 Å². The zero-order chi connectivity index (χ0) is 13.8. The normalized spacial score (nSPS) is 12.0. The Labute approximate surface area is 114 Å². The van der Waals surface area contributed by atoms with Gasteiger partial charge in [0.2, 0.25) is 0 Å². The molecule has 1 atom stereocenters. The molecule has 3 heteroatoms. The number of hydrogen-bond donors (Lipinski definition) is 1. The lowest BCUT2D eigenvalue weighted by Crippen LogP contribution is -2.12. The summed E-state index contributed by atoms with van der Waals surface area (Å²) in [5.41, 5.74) is 9.51. The van der Waals surface area contributed by atoms with E-state index in [2.05, 4.69) is 6.07 Å². The lowest BCUT2D eigenvalue weighted by molar-refractivity contribution is 0.411. The van der Waals surface area contributed by atoms with Crippen LogP contribution in [-0.4, -0.2) is 14.2 Å². The van der Waals surface area contributed by atoms with Gasteiger partial charge in [0.25, 0.3) is 0 Å². The molecule has 0 radical (unpaired) electrons. The Balaban J connectivity index is 2.27. The van der Waals surface area contributed by atoms with Crippen molar-refractivity contribution in [1.82, 2.24) is 0 Å². The summed E-state index contributed by atoms with van der Waals surface area (Å²) in [5, 5.41) is 0. The molecule has 0 fully saturated rings. The number of hydrogen-bond acceptors (Lipinski definition) is 3. The van der Waals surface area contributed by atoms with Gasteiger partial charge in [-0.3, -0.25) is 0 Å². The van der Waals surface area contributed by atoms with Crippen molar-refractivity contribution in [1.29, 1.82) is 0 Å². The van der Waals surface area contributed by atoms with E-state index < -0.39 is 0 Å². The zero-order valence-corrected chi connectivity index (χ0v) is 11.5. The van der Waals surface area contributed by atoms with Crippen LogP contribution in [0.5, 0.6) is 11.5 Å². The summed E-state index contributed by atoms with van der Waals surface area (Å²) >= 11 is 0. The van der Waals surface area contributed by atoms with Crippen molar-refractivity contribution in [3.63, 3.8) is 0 Å². The lowest BCUT2D eigenvalue weighted by Gasteiger charge is -2.15. The SMILES string of the molecule is COc1ccc(C(N)c2ccc(OC)c(C)c2)cc1. The monoisotopic (exact) mass is 257 g/mol. The minimum atomic E-state index is -0.143. The third-order valence-electron chi connectivity index (χ3n) is 3.25. The standard InChI is InChI=1S/C16H19NO2/c1-11-10-13(6-9-15(11)19-3)16(17)12-4-7-14(18-2)8-5-12/h4-10,16H,17H2,1-3H3. The lowest BCUT2D eigenvalue weighted by atomic mass is 9.98. The van der Waals surface area contributed by atoms with Crippen molar-refractivity contribution in [2.75, 3.05) is 14.2 Å². The van der Waals surface area contributed by atoms with Crippen molar-refractivity contribution in [3.05, 3.63) is 59.2 Å². The highest BCUT2D eigenvalue weighted by Crippen LogP contribution is 2.26. The number of aryl methyl sites for hydroxylation is 1. The molecule has 0 saturated carbocycles. The smallest absolute Gasteiger partial charge is 0.121 e. The Hall–Kier alpha value is -2.00. The number of methoxy groups -OCH3 is 2. The van der Waals surface area contributed by atoms with E-state index in [1.54, 1.807) is 14.2 Å². The summed E-state index contributed by atoms with van der Waals surface area (Å²) in [5.74, 6) is 1.72. The summed E-state index contributed by atoms with van der Waals surface area (Å²) < 4.78 is 10.4. The van der Waals surface area contributed by atoms with Gasteiger partial charge in [0.1, 0.15) is 11.5 Å². The summed E-state index contributed by atoms with van der Waals surface area (Å²) in [7, 11) is 3.33. The molecule has 0 aliphatic carbocycles. The van der Waals surface area contributed by atoms with Gasteiger partial charge in [-0.2, -0.15) is 0 Å². The quantitative estimate of drug-likeness (QED) is 0.915.